The normalized spacial score (nSPS) is 44.1. The van der Waals surface area contributed by atoms with E-state index in [0.717, 1.165) is 18.0 Å². The van der Waals surface area contributed by atoms with Crippen molar-refractivity contribution in [3.63, 3.8) is 0 Å². The van der Waals surface area contributed by atoms with Crippen LogP contribution < -0.4 is 5.32 Å². The highest BCUT2D eigenvalue weighted by molar-refractivity contribution is 7.99. The van der Waals surface area contributed by atoms with Gasteiger partial charge in [0.25, 0.3) is 0 Å². The Morgan fingerprint density at radius 2 is 2.08 bits per heavy atom. The van der Waals surface area contributed by atoms with Crippen molar-refractivity contribution in [2.24, 2.45) is 11.3 Å². The van der Waals surface area contributed by atoms with Gasteiger partial charge in [-0.2, -0.15) is 11.8 Å². The van der Waals surface area contributed by atoms with Crippen LogP contribution in [0.4, 0.5) is 0 Å². The molecule has 1 N–H and O–H groups in total. The van der Waals surface area contributed by atoms with Crippen LogP contribution >= 0.6 is 11.8 Å². The molecule has 1 saturated carbocycles. The third-order valence-electron chi connectivity index (χ3n) is 3.57. The van der Waals surface area contributed by atoms with E-state index < -0.39 is 0 Å². The molecule has 0 aromatic heterocycles. The second-order valence-corrected chi connectivity index (χ2v) is 6.49. The van der Waals surface area contributed by atoms with Gasteiger partial charge in [0.2, 0.25) is 0 Å². The summed E-state index contributed by atoms with van der Waals surface area (Å²) in [4.78, 5) is 0. The quantitative estimate of drug-likeness (QED) is 0.696. The fourth-order valence-electron chi connectivity index (χ4n) is 2.39. The summed E-state index contributed by atoms with van der Waals surface area (Å²) in [5.41, 5.74) is 0.627. The first kappa shape index (κ1) is 9.85. The molecular weight excluding hydrogens is 178 g/mol. The van der Waals surface area contributed by atoms with E-state index >= 15 is 0 Å². The maximum atomic E-state index is 3.78. The Morgan fingerprint density at radius 3 is 2.69 bits per heavy atom. The van der Waals surface area contributed by atoms with E-state index in [1.165, 1.54) is 24.3 Å². The predicted octanol–water partition coefficient (Wildman–Crippen LogP) is 2.52. The van der Waals surface area contributed by atoms with Gasteiger partial charge in [0, 0.05) is 17.8 Å². The Labute approximate surface area is 86.0 Å². The number of hydrogen-bond acceptors (Lipinski definition) is 2. The molecule has 0 bridgehead atoms. The summed E-state index contributed by atoms with van der Waals surface area (Å²) in [6, 6.07) is 1.52. The molecule has 0 aromatic rings. The van der Waals surface area contributed by atoms with E-state index in [2.05, 4.69) is 37.8 Å². The predicted molar refractivity (Wildman–Crippen MR) is 60.2 cm³/mol. The summed E-state index contributed by atoms with van der Waals surface area (Å²) in [6.45, 7) is 7.13. The molecule has 0 spiro atoms. The lowest BCUT2D eigenvalue weighted by atomic mass is 10.0. The summed E-state index contributed by atoms with van der Waals surface area (Å²) in [5.74, 6) is 3.62. The van der Waals surface area contributed by atoms with Crippen LogP contribution in [-0.4, -0.2) is 23.6 Å². The van der Waals surface area contributed by atoms with E-state index in [0.29, 0.717) is 5.41 Å². The molecule has 2 rings (SSSR count). The molecule has 1 aliphatic carbocycles. The summed E-state index contributed by atoms with van der Waals surface area (Å²) in [5, 5.41) is 3.78. The Morgan fingerprint density at radius 1 is 1.38 bits per heavy atom. The van der Waals surface area contributed by atoms with Gasteiger partial charge >= 0.3 is 0 Å². The minimum Gasteiger partial charge on any atom is -0.310 e. The number of thioether (sulfide) groups is 1. The van der Waals surface area contributed by atoms with E-state index in [1.54, 1.807) is 0 Å². The molecule has 3 atom stereocenters. The van der Waals surface area contributed by atoms with Crippen LogP contribution in [0.2, 0.25) is 0 Å². The largest absolute Gasteiger partial charge is 0.310 e. The molecule has 0 radical (unpaired) electrons. The van der Waals surface area contributed by atoms with Crippen LogP contribution in [0.15, 0.2) is 0 Å². The highest BCUT2D eigenvalue weighted by Crippen LogP contribution is 2.54. The smallest absolute Gasteiger partial charge is 0.0194 e. The molecule has 1 nitrogen and oxygen atoms in total. The highest BCUT2D eigenvalue weighted by Gasteiger charge is 2.50. The van der Waals surface area contributed by atoms with Crippen LogP contribution in [0.5, 0.6) is 0 Å². The minimum absolute atomic E-state index is 0.627. The van der Waals surface area contributed by atoms with Gasteiger partial charge in [0.15, 0.2) is 0 Å². The van der Waals surface area contributed by atoms with Crippen molar-refractivity contribution in [1.29, 1.82) is 0 Å². The molecule has 0 aromatic carbocycles. The lowest BCUT2D eigenvalue weighted by Crippen LogP contribution is -2.39. The molecule has 2 fully saturated rings. The van der Waals surface area contributed by atoms with E-state index in [1.807, 2.05) is 0 Å². The van der Waals surface area contributed by atoms with Gasteiger partial charge in [0.05, 0.1) is 0 Å². The van der Waals surface area contributed by atoms with Gasteiger partial charge < -0.3 is 5.32 Å². The fraction of sp³-hybridized carbons (Fsp3) is 1.00. The summed E-state index contributed by atoms with van der Waals surface area (Å²) in [7, 11) is 0. The second-order valence-electron chi connectivity index (χ2n) is 5.34. The Balaban J connectivity index is 1.91. The Bertz CT molecular complexity index is 191. The van der Waals surface area contributed by atoms with E-state index in [-0.39, 0.29) is 0 Å². The lowest BCUT2D eigenvalue weighted by molar-refractivity contribution is 0.395. The molecular formula is C11H21NS. The SMILES string of the molecule is CC1CCSCC(C2CC2(C)C)N1. The first-order valence-corrected chi connectivity index (χ1v) is 6.59. The lowest BCUT2D eigenvalue weighted by Gasteiger charge is -2.20. The molecule has 1 aliphatic heterocycles. The average Bonchev–Trinajstić information content (AvgIpc) is 2.70. The zero-order valence-electron chi connectivity index (χ0n) is 8.97. The molecule has 0 amide bonds. The molecule has 3 unspecified atom stereocenters. The van der Waals surface area contributed by atoms with Gasteiger partial charge in [0.1, 0.15) is 0 Å². The Kier molecular flexibility index (Phi) is 2.63. The first-order valence-electron chi connectivity index (χ1n) is 5.43. The fourth-order valence-corrected chi connectivity index (χ4v) is 3.66. The molecule has 2 aliphatic rings. The highest BCUT2D eigenvalue weighted by atomic mass is 32.2. The third-order valence-corrected chi connectivity index (χ3v) is 4.69. The maximum absolute atomic E-state index is 3.78. The minimum atomic E-state index is 0.627. The topological polar surface area (TPSA) is 12.0 Å². The van der Waals surface area contributed by atoms with Crippen molar-refractivity contribution >= 4 is 11.8 Å². The average molecular weight is 199 g/mol. The summed E-state index contributed by atoms with van der Waals surface area (Å²) in [6.07, 6.45) is 2.77. The first-order chi connectivity index (χ1) is 6.09. The second kappa shape index (κ2) is 3.47. The van der Waals surface area contributed by atoms with Crippen LogP contribution in [0.3, 0.4) is 0 Å². The van der Waals surface area contributed by atoms with Gasteiger partial charge in [-0.25, -0.2) is 0 Å². The van der Waals surface area contributed by atoms with Crippen LogP contribution in [0.25, 0.3) is 0 Å². The van der Waals surface area contributed by atoms with Gasteiger partial charge in [-0.1, -0.05) is 13.8 Å². The molecule has 76 valence electrons. The van der Waals surface area contributed by atoms with E-state index in [9.17, 15) is 0 Å². The summed E-state index contributed by atoms with van der Waals surface area (Å²) < 4.78 is 0. The van der Waals surface area contributed by atoms with Gasteiger partial charge in [-0.05, 0) is 36.9 Å². The van der Waals surface area contributed by atoms with Crippen molar-refractivity contribution in [3.8, 4) is 0 Å². The zero-order valence-corrected chi connectivity index (χ0v) is 9.79. The molecule has 2 heteroatoms. The van der Waals surface area contributed by atoms with Gasteiger partial charge in [-0.15, -0.1) is 0 Å². The van der Waals surface area contributed by atoms with Crippen LogP contribution in [0.1, 0.15) is 33.6 Å². The zero-order chi connectivity index (χ0) is 9.47. The van der Waals surface area contributed by atoms with Gasteiger partial charge in [-0.3, -0.25) is 0 Å². The van der Waals surface area contributed by atoms with E-state index in [4.69, 9.17) is 0 Å². The van der Waals surface area contributed by atoms with Crippen molar-refractivity contribution < 1.29 is 0 Å². The monoisotopic (exact) mass is 199 g/mol. The van der Waals surface area contributed by atoms with Crippen molar-refractivity contribution in [1.82, 2.24) is 5.32 Å². The third kappa shape index (κ3) is 2.21. The number of rotatable bonds is 1. The Hall–Kier alpha value is 0.310. The number of hydrogen-bond donors (Lipinski definition) is 1. The standard InChI is InChI=1S/C11H21NS/c1-8-4-5-13-7-10(12-8)9-6-11(9,2)3/h8-10,12H,4-7H2,1-3H3. The molecule has 13 heavy (non-hydrogen) atoms. The van der Waals surface area contributed by atoms with Crippen molar-refractivity contribution in [3.05, 3.63) is 0 Å². The summed E-state index contributed by atoms with van der Waals surface area (Å²) >= 11 is 2.13. The van der Waals surface area contributed by atoms with Crippen LogP contribution in [-0.2, 0) is 0 Å². The molecule has 1 heterocycles. The van der Waals surface area contributed by atoms with Crippen molar-refractivity contribution in [2.45, 2.75) is 45.7 Å². The number of nitrogens with one attached hydrogen (secondary N) is 1. The maximum Gasteiger partial charge on any atom is 0.0194 e. The van der Waals surface area contributed by atoms with Crippen LogP contribution in [0, 0.1) is 11.3 Å². The molecule has 1 saturated heterocycles. The van der Waals surface area contributed by atoms with Crippen molar-refractivity contribution in [2.75, 3.05) is 11.5 Å².